The lowest BCUT2D eigenvalue weighted by Gasteiger charge is -2.27. The molecule has 0 aromatic heterocycles. The molecule has 0 saturated carbocycles. The van der Waals surface area contributed by atoms with Crippen molar-refractivity contribution in [2.45, 2.75) is 56.7 Å². The van der Waals surface area contributed by atoms with Crippen molar-refractivity contribution in [3.05, 3.63) is 29.6 Å². The molecule has 1 N–H and O–H groups in total. The van der Waals surface area contributed by atoms with Gasteiger partial charge in [-0.05, 0) is 43.9 Å². The van der Waals surface area contributed by atoms with Crippen molar-refractivity contribution < 1.29 is 17.9 Å². The van der Waals surface area contributed by atoms with E-state index in [-0.39, 0.29) is 22.5 Å². The lowest BCUT2D eigenvalue weighted by molar-refractivity contribution is 0.276. The van der Waals surface area contributed by atoms with E-state index in [1.54, 1.807) is 0 Å². The number of hydrogen-bond acceptors (Lipinski definition) is 3. The van der Waals surface area contributed by atoms with Gasteiger partial charge in [-0.3, -0.25) is 0 Å². The maximum absolute atomic E-state index is 13.4. The number of aliphatic hydroxyl groups is 1. The van der Waals surface area contributed by atoms with Crippen LogP contribution < -0.4 is 0 Å². The van der Waals surface area contributed by atoms with Gasteiger partial charge < -0.3 is 5.11 Å². The van der Waals surface area contributed by atoms with Crippen LogP contribution in [0.25, 0.3) is 0 Å². The Morgan fingerprint density at radius 3 is 2.70 bits per heavy atom. The molecule has 1 aliphatic rings. The standard InChI is InChI=1S/C14H20FNO3S/c1-3-13-7-4-10(2)16(13)20(18,19)14-8-12(15)6-5-11(14)9-17/h5-6,8,10,13,17H,3-4,7,9H2,1-2H3. The third kappa shape index (κ3) is 2.60. The van der Waals surface area contributed by atoms with Crippen molar-refractivity contribution in [1.29, 1.82) is 0 Å². The molecule has 0 aliphatic carbocycles. The van der Waals surface area contributed by atoms with Gasteiger partial charge in [-0.15, -0.1) is 0 Å². The summed E-state index contributed by atoms with van der Waals surface area (Å²) in [7, 11) is -3.78. The molecule has 0 bridgehead atoms. The van der Waals surface area contributed by atoms with Gasteiger partial charge in [0, 0.05) is 12.1 Å². The Kier molecular flexibility index (Phi) is 4.46. The molecular formula is C14H20FNO3S. The van der Waals surface area contributed by atoms with Crippen LogP contribution in [0.3, 0.4) is 0 Å². The minimum Gasteiger partial charge on any atom is -0.392 e. The Labute approximate surface area is 119 Å². The first-order chi connectivity index (χ1) is 9.41. The van der Waals surface area contributed by atoms with E-state index in [2.05, 4.69) is 0 Å². The van der Waals surface area contributed by atoms with Crippen molar-refractivity contribution in [1.82, 2.24) is 4.31 Å². The minimum atomic E-state index is -3.78. The fourth-order valence-electron chi connectivity index (χ4n) is 2.88. The van der Waals surface area contributed by atoms with E-state index in [9.17, 15) is 17.9 Å². The number of benzene rings is 1. The third-order valence-corrected chi connectivity index (χ3v) is 6.09. The molecule has 0 spiro atoms. The predicted molar refractivity (Wildman–Crippen MR) is 74.1 cm³/mol. The molecule has 2 unspecified atom stereocenters. The summed E-state index contributed by atoms with van der Waals surface area (Å²) in [5.41, 5.74) is 0.236. The lowest BCUT2D eigenvalue weighted by Crippen LogP contribution is -2.40. The van der Waals surface area contributed by atoms with E-state index in [1.165, 1.54) is 10.4 Å². The number of hydrogen-bond donors (Lipinski definition) is 1. The van der Waals surface area contributed by atoms with Gasteiger partial charge in [0.15, 0.2) is 0 Å². The molecule has 1 aromatic rings. The van der Waals surface area contributed by atoms with Gasteiger partial charge >= 0.3 is 0 Å². The molecule has 1 saturated heterocycles. The zero-order valence-corrected chi connectivity index (χ0v) is 12.5. The summed E-state index contributed by atoms with van der Waals surface area (Å²) in [5, 5.41) is 9.30. The molecule has 4 nitrogen and oxygen atoms in total. The first-order valence-electron chi connectivity index (χ1n) is 6.84. The largest absolute Gasteiger partial charge is 0.392 e. The van der Waals surface area contributed by atoms with E-state index < -0.39 is 22.4 Å². The van der Waals surface area contributed by atoms with Crippen LogP contribution >= 0.6 is 0 Å². The molecule has 6 heteroatoms. The quantitative estimate of drug-likeness (QED) is 0.928. The maximum atomic E-state index is 13.4. The Hall–Kier alpha value is -0.980. The molecule has 0 radical (unpaired) electrons. The van der Waals surface area contributed by atoms with E-state index in [4.69, 9.17) is 0 Å². The zero-order chi connectivity index (χ0) is 14.9. The molecule has 2 rings (SSSR count). The number of nitrogens with zero attached hydrogens (tertiary/aromatic N) is 1. The topological polar surface area (TPSA) is 57.6 Å². The van der Waals surface area contributed by atoms with Crippen molar-refractivity contribution in [2.24, 2.45) is 0 Å². The fraction of sp³-hybridized carbons (Fsp3) is 0.571. The maximum Gasteiger partial charge on any atom is 0.244 e. The Balaban J connectivity index is 2.52. The monoisotopic (exact) mass is 301 g/mol. The molecule has 0 amide bonds. The number of aliphatic hydroxyl groups excluding tert-OH is 1. The van der Waals surface area contributed by atoms with Crippen LogP contribution in [0.5, 0.6) is 0 Å². The van der Waals surface area contributed by atoms with Crippen LogP contribution in [0.1, 0.15) is 38.7 Å². The van der Waals surface area contributed by atoms with Crippen molar-refractivity contribution in [3.63, 3.8) is 0 Å². The highest BCUT2D eigenvalue weighted by Gasteiger charge is 2.40. The number of sulfonamides is 1. The fourth-order valence-corrected chi connectivity index (χ4v) is 5.06. The van der Waals surface area contributed by atoms with E-state index in [0.717, 1.165) is 31.4 Å². The van der Waals surface area contributed by atoms with Gasteiger partial charge in [0.1, 0.15) is 5.82 Å². The smallest absolute Gasteiger partial charge is 0.244 e. The van der Waals surface area contributed by atoms with E-state index in [1.807, 2.05) is 13.8 Å². The highest BCUT2D eigenvalue weighted by molar-refractivity contribution is 7.89. The summed E-state index contributed by atoms with van der Waals surface area (Å²) in [5.74, 6) is -0.610. The highest BCUT2D eigenvalue weighted by atomic mass is 32.2. The SMILES string of the molecule is CCC1CCC(C)N1S(=O)(=O)c1cc(F)ccc1CO. The van der Waals surface area contributed by atoms with Crippen LogP contribution in [0.15, 0.2) is 23.1 Å². The first kappa shape index (κ1) is 15.4. The predicted octanol–water partition coefficient (Wildman–Crippen LogP) is 2.27. The average Bonchev–Trinajstić information content (AvgIpc) is 2.80. The van der Waals surface area contributed by atoms with Crippen molar-refractivity contribution in [2.75, 3.05) is 0 Å². The first-order valence-corrected chi connectivity index (χ1v) is 8.28. The second-order valence-electron chi connectivity index (χ2n) is 5.23. The van der Waals surface area contributed by atoms with Crippen LogP contribution in [-0.2, 0) is 16.6 Å². The molecule has 112 valence electrons. The summed E-state index contributed by atoms with van der Waals surface area (Å²) in [4.78, 5) is -0.118. The Morgan fingerprint density at radius 2 is 2.10 bits per heavy atom. The van der Waals surface area contributed by atoms with Gasteiger partial charge in [0.05, 0.1) is 11.5 Å². The zero-order valence-electron chi connectivity index (χ0n) is 11.7. The summed E-state index contributed by atoms with van der Waals surface area (Å²) in [6.45, 7) is 3.39. The number of rotatable bonds is 4. The number of halogens is 1. The van der Waals surface area contributed by atoms with Crippen LogP contribution in [0.2, 0.25) is 0 Å². The second-order valence-corrected chi connectivity index (χ2v) is 7.05. The lowest BCUT2D eigenvalue weighted by atomic mass is 10.2. The highest BCUT2D eigenvalue weighted by Crippen LogP contribution is 2.33. The summed E-state index contributed by atoms with van der Waals surface area (Å²) in [6.07, 6.45) is 2.36. The van der Waals surface area contributed by atoms with Gasteiger partial charge in [-0.2, -0.15) is 4.31 Å². The van der Waals surface area contributed by atoms with Crippen molar-refractivity contribution in [3.8, 4) is 0 Å². The normalized spacial score (nSPS) is 24.2. The van der Waals surface area contributed by atoms with Gasteiger partial charge in [0.25, 0.3) is 0 Å². The minimum absolute atomic E-state index is 0.0511. The van der Waals surface area contributed by atoms with Crippen molar-refractivity contribution >= 4 is 10.0 Å². The van der Waals surface area contributed by atoms with Crippen LogP contribution in [0, 0.1) is 5.82 Å². The summed E-state index contributed by atoms with van der Waals surface area (Å²) >= 11 is 0. The Bertz CT molecular complexity index is 588. The summed E-state index contributed by atoms with van der Waals surface area (Å²) in [6, 6.07) is 3.34. The molecule has 1 aromatic carbocycles. The van der Waals surface area contributed by atoms with Gasteiger partial charge in [-0.1, -0.05) is 13.0 Å². The van der Waals surface area contributed by atoms with Gasteiger partial charge in [0.2, 0.25) is 10.0 Å². The third-order valence-electron chi connectivity index (χ3n) is 3.94. The van der Waals surface area contributed by atoms with Crippen LogP contribution in [-0.4, -0.2) is 29.9 Å². The Morgan fingerprint density at radius 1 is 1.40 bits per heavy atom. The molecule has 1 fully saturated rings. The van der Waals surface area contributed by atoms with E-state index in [0.29, 0.717) is 0 Å². The molecule has 2 atom stereocenters. The molecular weight excluding hydrogens is 281 g/mol. The molecule has 20 heavy (non-hydrogen) atoms. The molecule has 1 aliphatic heterocycles. The van der Waals surface area contributed by atoms with E-state index >= 15 is 0 Å². The average molecular weight is 301 g/mol. The summed E-state index contributed by atoms with van der Waals surface area (Å²) < 4.78 is 40.5. The van der Waals surface area contributed by atoms with Crippen LogP contribution in [0.4, 0.5) is 4.39 Å². The molecule has 1 heterocycles. The second kappa shape index (κ2) is 5.79. The van der Waals surface area contributed by atoms with Gasteiger partial charge in [-0.25, -0.2) is 12.8 Å².